The first kappa shape index (κ1) is 14.5. The first-order valence-electron chi connectivity index (χ1n) is 6.82. The van der Waals surface area contributed by atoms with Crippen molar-refractivity contribution in [3.8, 4) is 0 Å². The van der Waals surface area contributed by atoms with Crippen molar-refractivity contribution in [3.63, 3.8) is 0 Å². The largest absolute Gasteiger partial charge is 0.478 e. The quantitative estimate of drug-likeness (QED) is 0.894. The number of aromatic carboxylic acids is 1. The molecule has 0 aromatic heterocycles. The monoisotopic (exact) mass is 279 g/mol. The van der Waals surface area contributed by atoms with Crippen LogP contribution < -0.4 is 5.32 Å². The Bertz CT molecular complexity index is 530. The van der Waals surface area contributed by atoms with Gasteiger partial charge in [-0.05, 0) is 37.0 Å². The molecule has 1 aliphatic carbocycles. The molecule has 1 aromatic carbocycles. The van der Waals surface area contributed by atoms with Gasteiger partial charge in [-0.3, -0.25) is 4.79 Å². The van der Waals surface area contributed by atoms with Crippen LogP contribution in [0.1, 0.15) is 53.3 Å². The van der Waals surface area contributed by atoms with Crippen LogP contribution in [0.15, 0.2) is 18.2 Å². The zero-order valence-electron chi connectivity index (χ0n) is 11.4. The van der Waals surface area contributed by atoms with Crippen LogP contribution in [-0.2, 0) is 0 Å². The first-order valence-corrected chi connectivity index (χ1v) is 6.82. The molecule has 5 heteroatoms. The van der Waals surface area contributed by atoms with E-state index in [1.165, 1.54) is 12.1 Å². The molecule has 4 nitrogen and oxygen atoms in total. The van der Waals surface area contributed by atoms with E-state index in [4.69, 9.17) is 5.11 Å². The average molecular weight is 279 g/mol. The SMILES string of the molecule is CC1CCCCC1NC(=O)c1ccc(C(=O)O)cc1F. The standard InChI is InChI=1S/C15H18FNO3/c1-9-4-2-3-5-13(9)17-14(18)11-7-6-10(15(19)20)8-12(11)16/h6-9,13H,2-5H2,1H3,(H,17,18)(H,19,20). The zero-order valence-corrected chi connectivity index (χ0v) is 11.4. The van der Waals surface area contributed by atoms with Crippen molar-refractivity contribution in [1.29, 1.82) is 0 Å². The molecule has 2 atom stereocenters. The number of halogens is 1. The summed E-state index contributed by atoms with van der Waals surface area (Å²) in [5, 5.41) is 11.6. The molecule has 0 heterocycles. The van der Waals surface area contributed by atoms with Gasteiger partial charge in [0.05, 0.1) is 11.1 Å². The molecule has 2 N–H and O–H groups in total. The molecule has 1 aromatic rings. The van der Waals surface area contributed by atoms with Crippen LogP contribution in [0, 0.1) is 11.7 Å². The lowest BCUT2D eigenvalue weighted by molar-refractivity contribution is 0.0695. The fourth-order valence-electron chi connectivity index (χ4n) is 2.61. The minimum Gasteiger partial charge on any atom is -0.478 e. The van der Waals surface area contributed by atoms with Crippen LogP contribution in [0.4, 0.5) is 4.39 Å². The minimum atomic E-state index is -1.21. The number of hydrogen-bond acceptors (Lipinski definition) is 2. The smallest absolute Gasteiger partial charge is 0.335 e. The molecule has 0 radical (unpaired) electrons. The van der Waals surface area contributed by atoms with Gasteiger partial charge in [-0.15, -0.1) is 0 Å². The summed E-state index contributed by atoms with van der Waals surface area (Å²) < 4.78 is 13.8. The van der Waals surface area contributed by atoms with E-state index in [9.17, 15) is 14.0 Å². The van der Waals surface area contributed by atoms with Crippen LogP contribution in [0.25, 0.3) is 0 Å². The highest BCUT2D eigenvalue weighted by Gasteiger charge is 2.24. The lowest BCUT2D eigenvalue weighted by Crippen LogP contribution is -2.41. The first-order chi connectivity index (χ1) is 9.49. The van der Waals surface area contributed by atoms with Gasteiger partial charge in [-0.2, -0.15) is 0 Å². The molecule has 108 valence electrons. The fraction of sp³-hybridized carbons (Fsp3) is 0.467. The topological polar surface area (TPSA) is 66.4 Å². The minimum absolute atomic E-state index is 0.0646. The van der Waals surface area contributed by atoms with E-state index in [0.29, 0.717) is 5.92 Å². The summed E-state index contributed by atoms with van der Waals surface area (Å²) in [6, 6.07) is 3.41. The summed E-state index contributed by atoms with van der Waals surface area (Å²) in [6.45, 7) is 2.08. The Balaban J connectivity index is 2.11. The van der Waals surface area contributed by atoms with Crippen LogP contribution in [-0.4, -0.2) is 23.0 Å². The van der Waals surface area contributed by atoms with Crippen molar-refractivity contribution in [1.82, 2.24) is 5.32 Å². The molecule has 0 spiro atoms. The molecule has 20 heavy (non-hydrogen) atoms. The van der Waals surface area contributed by atoms with Crippen LogP contribution in [0.2, 0.25) is 0 Å². The Hall–Kier alpha value is -1.91. The van der Waals surface area contributed by atoms with E-state index >= 15 is 0 Å². The summed E-state index contributed by atoms with van der Waals surface area (Å²) in [6.07, 6.45) is 4.19. The second-order valence-corrected chi connectivity index (χ2v) is 5.34. The van der Waals surface area contributed by atoms with Crippen LogP contribution >= 0.6 is 0 Å². The van der Waals surface area contributed by atoms with Gasteiger partial charge < -0.3 is 10.4 Å². The molecule has 1 aliphatic rings. The van der Waals surface area contributed by atoms with E-state index < -0.39 is 17.7 Å². The van der Waals surface area contributed by atoms with E-state index in [2.05, 4.69) is 12.2 Å². The predicted octanol–water partition coefficient (Wildman–Crippen LogP) is 2.83. The number of amides is 1. The third-order valence-electron chi connectivity index (χ3n) is 3.89. The maximum Gasteiger partial charge on any atom is 0.335 e. The number of benzene rings is 1. The van der Waals surface area contributed by atoms with Gasteiger partial charge in [0.1, 0.15) is 5.82 Å². The molecule has 1 saturated carbocycles. The van der Waals surface area contributed by atoms with Crippen molar-refractivity contribution in [3.05, 3.63) is 35.1 Å². The van der Waals surface area contributed by atoms with Crippen LogP contribution in [0.5, 0.6) is 0 Å². The second kappa shape index (κ2) is 6.03. The highest BCUT2D eigenvalue weighted by Crippen LogP contribution is 2.24. The number of rotatable bonds is 3. The van der Waals surface area contributed by atoms with Crippen molar-refractivity contribution in [2.75, 3.05) is 0 Å². The van der Waals surface area contributed by atoms with E-state index in [-0.39, 0.29) is 17.2 Å². The molecular formula is C15H18FNO3. The van der Waals surface area contributed by atoms with E-state index in [1.807, 2.05) is 0 Å². The lowest BCUT2D eigenvalue weighted by Gasteiger charge is -2.29. The number of carbonyl (C=O) groups excluding carboxylic acids is 1. The normalized spacial score (nSPS) is 22.3. The van der Waals surface area contributed by atoms with Gasteiger partial charge in [0.25, 0.3) is 5.91 Å². The van der Waals surface area contributed by atoms with E-state index in [1.54, 1.807) is 0 Å². The summed E-state index contributed by atoms with van der Waals surface area (Å²) in [4.78, 5) is 22.8. The van der Waals surface area contributed by atoms with E-state index in [0.717, 1.165) is 31.7 Å². The van der Waals surface area contributed by atoms with Gasteiger partial charge in [0.2, 0.25) is 0 Å². The summed E-state index contributed by atoms with van der Waals surface area (Å²) in [5.74, 6) is -2.10. The molecule has 0 aliphatic heterocycles. The van der Waals surface area contributed by atoms with Gasteiger partial charge in [-0.1, -0.05) is 19.8 Å². The Morgan fingerprint density at radius 1 is 1.30 bits per heavy atom. The molecule has 1 amide bonds. The predicted molar refractivity (Wildman–Crippen MR) is 72.2 cm³/mol. The molecular weight excluding hydrogens is 261 g/mol. The number of carboxylic acids is 1. The fourth-order valence-corrected chi connectivity index (χ4v) is 2.61. The van der Waals surface area contributed by atoms with Gasteiger partial charge in [0.15, 0.2) is 0 Å². The van der Waals surface area contributed by atoms with Crippen molar-refractivity contribution in [2.45, 2.75) is 38.6 Å². The molecule has 0 bridgehead atoms. The summed E-state index contributed by atoms with van der Waals surface area (Å²) in [5.41, 5.74) is -0.266. The van der Waals surface area contributed by atoms with Crippen molar-refractivity contribution < 1.29 is 19.1 Å². The number of carboxylic acid groups (broad SMARTS) is 1. The molecule has 1 fully saturated rings. The second-order valence-electron chi connectivity index (χ2n) is 5.34. The Kier molecular flexibility index (Phi) is 4.37. The average Bonchev–Trinajstić information content (AvgIpc) is 2.41. The third kappa shape index (κ3) is 3.15. The molecule has 2 rings (SSSR count). The van der Waals surface area contributed by atoms with Crippen molar-refractivity contribution in [2.24, 2.45) is 5.92 Å². The Morgan fingerprint density at radius 3 is 2.60 bits per heavy atom. The highest BCUT2D eigenvalue weighted by atomic mass is 19.1. The highest BCUT2D eigenvalue weighted by molar-refractivity contribution is 5.96. The molecule has 2 unspecified atom stereocenters. The summed E-state index contributed by atoms with van der Waals surface area (Å²) >= 11 is 0. The van der Waals surface area contributed by atoms with Crippen molar-refractivity contribution >= 4 is 11.9 Å². The van der Waals surface area contributed by atoms with Gasteiger partial charge >= 0.3 is 5.97 Å². The number of carbonyl (C=O) groups is 2. The number of hydrogen-bond donors (Lipinski definition) is 2. The third-order valence-corrected chi connectivity index (χ3v) is 3.89. The molecule has 0 saturated heterocycles. The van der Waals surface area contributed by atoms with Gasteiger partial charge in [0, 0.05) is 6.04 Å². The van der Waals surface area contributed by atoms with Gasteiger partial charge in [-0.25, -0.2) is 9.18 Å². The zero-order chi connectivity index (χ0) is 14.7. The number of nitrogens with one attached hydrogen (secondary N) is 1. The maximum absolute atomic E-state index is 13.8. The Morgan fingerprint density at radius 2 is 2.00 bits per heavy atom. The maximum atomic E-state index is 13.8. The Labute approximate surface area is 117 Å². The lowest BCUT2D eigenvalue weighted by atomic mass is 9.86. The van der Waals surface area contributed by atoms with Crippen LogP contribution in [0.3, 0.4) is 0 Å². The summed E-state index contributed by atoms with van der Waals surface area (Å²) in [7, 11) is 0.